The topological polar surface area (TPSA) is 0 Å². The fourth-order valence-corrected chi connectivity index (χ4v) is 4.80. The third-order valence-electron chi connectivity index (χ3n) is 4.09. The average molecular weight is 254 g/mol. The van der Waals surface area contributed by atoms with E-state index in [-0.39, 0.29) is 1.43 Å². The summed E-state index contributed by atoms with van der Waals surface area (Å²) >= 11 is 0.734. The van der Waals surface area contributed by atoms with Crippen molar-refractivity contribution in [1.29, 1.82) is 0 Å². The zero-order chi connectivity index (χ0) is 12.9. The standard InChI is InChI=1S/2C8H17.Al.H/c2*1-4-6-7-8(3)5-2;;/h2*8H,3-7H2,1-2H3;;/q;;+1;-1. The summed E-state index contributed by atoms with van der Waals surface area (Å²) in [6, 6.07) is 0. The molecule has 0 rings (SSSR count). The van der Waals surface area contributed by atoms with Crippen LogP contribution in [0.3, 0.4) is 0 Å². The number of hydrogen-bond donors (Lipinski definition) is 0. The molecule has 2 unspecified atom stereocenters. The maximum atomic E-state index is 2.38. The molecule has 0 nitrogen and oxygen atoms in total. The van der Waals surface area contributed by atoms with E-state index in [0.717, 1.165) is 27.1 Å². The number of hydrogen-bond acceptors (Lipinski definition) is 0. The summed E-state index contributed by atoms with van der Waals surface area (Å²) in [6.45, 7) is 9.40. The van der Waals surface area contributed by atoms with E-state index < -0.39 is 0 Å². The third-order valence-corrected chi connectivity index (χ3v) is 6.09. The molecule has 0 aliphatic rings. The smallest absolute Gasteiger partial charge is 1.00 e. The molecule has 2 atom stereocenters. The molecule has 0 aromatic heterocycles. The molecule has 0 radical (unpaired) electrons. The van der Waals surface area contributed by atoms with Gasteiger partial charge in [0.25, 0.3) is 0 Å². The van der Waals surface area contributed by atoms with E-state index >= 15 is 0 Å². The van der Waals surface area contributed by atoms with Crippen molar-refractivity contribution in [3.63, 3.8) is 0 Å². The van der Waals surface area contributed by atoms with Gasteiger partial charge < -0.3 is 1.43 Å². The van der Waals surface area contributed by atoms with Gasteiger partial charge in [-0.1, -0.05) is 0 Å². The van der Waals surface area contributed by atoms with Crippen LogP contribution in [0.15, 0.2) is 0 Å². The molecule has 1 heteroatoms. The second kappa shape index (κ2) is 13.0. The molecule has 0 aliphatic heterocycles. The molecule has 0 fully saturated rings. The second-order valence-corrected chi connectivity index (χ2v) is 7.11. The summed E-state index contributed by atoms with van der Waals surface area (Å²) < 4.78 is 0. The van der Waals surface area contributed by atoms with E-state index in [4.69, 9.17) is 0 Å². The minimum absolute atomic E-state index is 0. The van der Waals surface area contributed by atoms with Gasteiger partial charge in [-0.3, -0.25) is 0 Å². The van der Waals surface area contributed by atoms with Crippen LogP contribution in [0, 0.1) is 11.8 Å². The van der Waals surface area contributed by atoms with Gasteiger partial charge in [0.05, 0.1) is 0 Å². The first-order chi connectivity index (χ1) is 8.28. The van der Waals surface area contributed by atoms with Crippen molar-refractivity contribution in [3.8, 4) is 0 Å². The van der Waals surface area contributed by atoms with Crippen LogP contribution in [0.1, 0.15) is 80.5 Å². The molecule has 0 aromatic rings. The van der Waals surface area contributed by atoms with Gasteiger partial charge in [0, 0.05) is 0 Å². The van der Waals surface area contributed by atoms with Crippen LogP contribution in [0.2, 0.25) is 10.6 Å². The van der Waals surface area contributed by atoms with E-state index in [2.05, 4.69) is 27.7 Å². The molecule has 0 bridgehead atoms. The fraction of sp³-hybridized carbons (Fsp3) is 1.00. The average Bonchev–Trinajstić information content (AvgIpc) is 2.37. The molecule has 0 heterocycles. The SMILES string of the molecule is CCCCC(CC)[CH2][Al+][CH2]C(CC)CCCC.[H-]. The summed E-state index contributed by atoms with van der Waals surface area (Å²) in [6.07, 6.45) is 11.5. The molecule has 0 spiro atoms. The zero-order valence-electron chi connectivity index (χ0n) is 13.8. The monoisotopic (exact) mass is 254 g/mol. The van der Waals surface area contributed by atoms with E-state index in [0.29, 0.717) is 0 Å². The van der Waals surface area contributed by atoms with Crippen LogP contribution >= 0.6 is 0 Å². The van der Waals surface area contributed by atoms with E-state index in [1.807, 2.05) is 0 Å². The maximum absolute atomic E-state index is 2.38. The Hall–Kier alpha value is 0.532. The molecule has 102 valence electrons. The molecule has 0 saturated carbocycles. The molecular formula is C16H35Al. The zero-order valence-corrected chi connectivity index (χ0v) is 14.0. The predicted octanol–water partition coefficient (Wildman–Crippen LogP) is 6.07. The van der Waals surface area contributed by atoms with Gasteiger partial charge in [0.15, 0.2) is 0 Å². The van der Waals surface area contributed by atoms with E-state index in [9.17, 15) is 0 Å². The first-order valence-corrected chi connectivity index (χ1v) is 9.73. The van der Waals surface area contributed by atoms with Crippen LogP contribution in [-0.2, 0) is 0 Å². The van der Waals surface area contributed by atoms with Gasteiger partial charge in [0.2, 0.25) is 0 Å². The Bertz CT molecular complexity index is 134. The van der Waals surface area contributed by atoms with Gasteiger partial charge in [0.1, 0.15) is 0 Å². The minimum atomic E-state index is 0. The Kier molecular flexibility index (Phi) is 13.4. The van der Waals surface area contributed by atoms with Gasteiger partial charge in [-0.25, -0.2) is 0 Å². The molecule has 0 amide bonds. The molecule has 0 aliphatic carbocycles. The Morgan fingerprint density at radius 1 is 0.765 bits per heavy atom. The van der Waals surface area contributed by atoms with E-state index in [1.54, 1.807) is 10.6 Å². The van der Waals surface area contributed by atoms with Crippen LogP contribution in [0.5, 0.6) is 0 Å². The number of rotatable bonds is 12. The molecular weight excluding hydrogens is 219 g/mol. The van der Waals surface area contributed by atoms with Crippen LogP contribution < -0.4 is 0 Å². The fourth-order valence-electron chi connectivity index (χ4n) is 2.53. The Morgan fingerprint density at radius 2 is 1.18 bits per heavy atom. The van der Waals surface area contributed by atoms with Gasteiger partial charge in [-0.2, -0.15) is 0 Å². The summed E-state index contributed by atoms with van der Waals surface area (Å²) in [4.78, 5) is 0. The predicted molar refractivity (Wildman–Crippen MR) is 83.1 cm³/mol. The van der Waals surface area contributed by atoms with Crippen molar-refractivity contribution in [2.75, 3.05) is 0 Å². The Morgan fingerprint density at radius 3 is 1.47 bits per heavy atom. The maximum Gasteiger partial charge on any atom is -1.00 e. The van der Waals surface area contributed by atoms with Crippen molar-refractivity contribution < 1.29 is 1.43 Å². The molecule has 0 saturated heterocycles. The van der Waals surface area contributed by atoms with Crippen molar-refractivity contribution in [1.82, 2.24) is 0 Å². The van der Waals surface area contributed by atoms with Crippen molar-refractivity contribution in [2.45, 2.75) is 89.6 Å². The molecule has 0 aromatic carbocycles. The van der Waals surface area contributed by atoms with E-state index in [1.165, 1.54) is 51.4 Å². The first kappa shape index (κ1) is 17.5. The Labute approximate surface area is 118 Å². The Balaban J connectivity index is 0. The summed E-state index contributed by atoms with van der Waals surface area (Å²) in [5, 5.41) is 3.14. The van der Waals surface area contributed by atoms with Crippen LogP contribution in [0.4, 0.5) is 0 Å². The number of unbranched alkanes of at least 4 members (excludes halogenated alkanes) is 2. The quantitative estimate of drug-likeness (QED) is 0.371. The molecule has 17 heavy (non-hydrogen) atoms. The summed E-state index contributed by atoms with van der Waals surface area (Å²) in [5.74, 6) is 2.10. The van der Waals surface area contributed by atoms with Crippen LogP contribution in [-0.4, -0.2) is 15.2 Å². The van der Waals surface area contributed by atoms with Crippen molar-refractivity contribution >= 4 is 15.2 Å². The second-order valence-electron chi connectivity index (χ2n) is 5.59. The minimum Gasteiger partial charge on any atom is -1.00 e. The van der Waals surface area contributed by atoms with Crippen LogP contribution in [0.25, 0.3) is 0 Å². The normalized spacial score (nSPS) is 14.4. The first-order valence-electron chi connectivity index (χ1n) is 8.09. The summed E-state index contributed by atoms with van der Waals surface area (Å²) in [5.41, 5.74) is 0. The largest absolute Gasteiger partial charge is 1.00 e. The van der Waals surface area contributed by atoms with Crippen molar-refractivity contribution in [2.24, 2.45) is 11.8 Å². The molecule has 0 N–H and O–H groups in total. The van der Waals surface area contributed by atoms with Gasteiger partial charge in [-0.05, 0) is 0 Å². The summed E-state index contributed by atoms with van der Waals surface area (Å²) in [7, 11) is 0. The van der Waals surface area contributed by atoms with Crippen molar-refractivity contribution in [3.05, 3.63) is 0 Å². The van der Waals surface area contributed by atoms with Gasteiger partial charge in [-0.15, -0.1) is 0 Å². The van der Waals surface area contributed by atoms with Gasteiger partial charge >= 0.3 is 117 Å². The third kappa shape index (κ3) is 10.2.